The molecule has 0 spiro atoms. The van der Waals surface area contributed by atoms with E-state index in [9.17, 15) is 0 Å². The van der Waals surface area contributed by atoms with Crippen LogP contribution in [0.2, 0.25) is 0 Å². The Hall–Kier alpha value is -2.59. The zero-order chi connectivity index (χ0) is 14.1. The Kier molecular flexibility index (Phi) is 2.94. The highest BCUT2D eigenvalue weighted by Crippen LogP contribution is 2.20. The minimum Gasteiger partial charge on any atom is -0.464 e. The molecule has 0 bridgehead atoms. The number of nitrogens with zero attached hydrogens (tertiary/aromatic N) is 1. The Morgan fingerprint density at radius 2 is 1.86 bits per heavy atom. The van der Waals surface area contributed by atoms with Gasteiger partial charge in [0.1, 0.15) is 11.4 Å². The molecule has 0 unspecified atom stereocenters. The van der Waals surface area contributed by atoms with Gasteiger partial charge in [0.2, 0.25) is 0 Å². The molecule has 0 radical (unpaired) electrons. The Morgan fingerprint density at radius 1 is 1.00 bits per heavy atom. The summed E-state index contributed by atoms with van der Waals surface area (Å²) < 4.78 is 5.54. The third-order valence-electron chi connectivity index (χ3n) is 3.61. The number of rotatable bonds is 4. The van der Waals surface area contributed by atoms with Gasteiger partial charge in [0.05, 0.1) is 23.8 Å². The SMILES string of the molecule is c1ccc2[nH]c(CNCc3coc4ccccc34)nc2c1. The molecule has 104 valence electrons. The van der Waals surface area contributed by atoms with Crippen LogP contribution in [0.25, 0.3) is 22.0 Å². The van der Waals surface area contributed by atoms with Crippen LogP contribution >= 0.6 is 0 Å². The van der Waals surface area contributed by atoms with Gasteiger partial charge in [-0.3, -0.25) is 0 Å². The van der Waals surface area contributed by atoms with Gasteiger partial charge in [0, 0.05) is 17.5 Å². The monoisotopic (exact) mass is 277 g/mol. The highest BCUT2D eigenvalue weighted by atomic mass is 16.3. The lowest BCUT2D eigenvalue weighted by atomic mass is 10.2. The minimum absolute atomic E-state index is 0.703. The van der Waals surface area contributed by atoms with Gasteiger partial charge in [0.15, 0.2) is 0 Å². The van der Waals surface area contributed by atoms with E-state index in [-0.39, 0.29) is 0 Å². The molecule has 0 atom stereocenters. The van der Waals surface area contributed by atoms with Crippen molar-refractivity contribution in [3.05, 3.63) is 66.2 Å². The molecule has 2 aromatic heterocycles. The molecule has 0 saturated carbocycles. The molecule has 2 heterocycles. The molecule has 0 aliphatic carbocycles. The molecule has 4 nitrogen and oxygen atoms in total. The largest absolute Gasteiger partial charge is 0.464 e. The van der Waals surface area contributed by atoms with Crippen molar-refractivity contribution in [3.63, 3.8) is 0 Å². The molecule has 0 aliphatic rings. The fourth-order valence-corrected chi connectivity index (χ4v) is 2.57. The Morgan fingerprint density at radius 3 is 2.81 bits per heavy atom. The van der Waals surface area contributed by atoms with Crippen LogP contribution in [0.3, 0.4) is 0 Å². The average Bonchev–Trinajstić information content (AvgIpc) is 3.11. The molecule has 0 fully saturated rings. The van der Waals surface area contributed by atoms with Crippen molar-refractivity contribution in [2.75, 3.05) is 0 Å². The summed E-state index contributed by atoms with van der Waals surface area (Å²) in [5.74, 6) is 0.948. The molecule has 4 rings (SSSR count). The number of furan rings is 1. The first kappa shape index (κ1) is 12.2. The summed E-state index contributed by atoms with van der Waals surface area (Å²) in [5.41, 5.74) is 4.17. The summed E-state index contributed by atoms with van der Waals surface area (Å²) in [6.07, 6.45) is 1.82. The lowest BCUT2D eigenvalue weighted by molar-refractivity contribution is 0.600. The highest BCUT2D eigenvalue weighted by molar-refractivity contribution is 5.80. The Bertz CT molecular complexity index is 858. The van der Waals surface area contributed by atoms with Gasteiger partial charge in [-0.15, -0.1) is 0 Å². The van der Waals surface area contributed by atoms with Gasteiger partial charge in [-0.1, -0.05) is 30.3 Å². The van der Waals surface area contributed by atoms with Crippen molar-refractivity contribution >= 4 is 22.0 Å². The number of nitrogens with one attached hydrogen (secondary N) is 2. The molecule has 2 N–H and O–H groups in total. The molecule has 0 saturated heterocycles. The third kappa shape index (κ3) is 2.30. The Balaban J connectivity index is 1.47. The van der Waals surface area contributed by atoms with E-state index in [4.69, 9.17) is 4.42 Å². The van der Waals surface area contributed by atoms with Crippen molar-refractivity contribution in [2.24, 2.45) is 0 Å². The highest BCUT2D eigenvalue weighted by Gasteiger charge is 2.05. The van der Waals surface area contributed by atoms with Crippen molar-refractivity contribution in [1.82, 2.24) is 15.3 Å². The van der Waals surface area contributed by atoms with Crippen LogP contribution in [-0.2, 0) is 13.1 Å². The van der Waals surface area contributed by atoms with Crippen LogP contribution in [0.5, 0.6) is 0 Å². The van der Waals surface area contributed by atoms with Gasteiger partial charge < -0.3 is 14.7 Å². The minimum atomic E-state index is 0.703. The molecular weight excluding hydrogens is 262 g/mol. The number of fused-ring (bicyclic) bond motifs is 2. The fourth-order valence-electron chi connectivity index (χ4n) is 2.57. The van der Waals surface area contributed by atoms with Gasteiger partial charge >= 0.3 is 0 Å². The predicted octanol–water partition coefficient (Wildman–Crippen LogP) is 3.60. The second kappa shape index (κ2) is 5.07. The van der Waals surface area contributed by atoms with E-state index in [0.29, 0.717) is 6.54 Å². The van der Waals surface area contributed by atoms with Crippen LogP contribution in [0, 0.1) is 0 Å². The lowest BCUT2D eigenvalue weighted by Crippen LogP contribution is -2.13. The maximum atomic E-state index is 5.54. The standard InChI is InChI=1S/C17H15N3O/c1-4-8-16-13(5-1)12(11-21-16)9-18-10-17-19-14-6-2-3-7-15(14)20-17/h1-8,11,18H,9-10H2,(H,19,20). The van der Waals surface area contributed by atoms with Gasteiger partial charge in [-0.2, -0.15) is 0 Å². The van der Waals surface area contributed by atoms with Crippen molar-refractivity contribution in [1.29, 1.82) is 0 Å². The van der Waals surface area contributed by atoms with E-state index >= 15 is 0 Å². The van der Waals surface area contributed by atoms with Crippen molar-refractivity contribution in [2.45, 2.75) is 13.1 Å². The van der Waals surface area contributed by atoms with Crippen molar-refractivity contribution < 1.29 is 4.42 Å². The van der Waals surface area contributed by atoms with Crippen molar-refractivity contribution in [3.8, 4) is 0 Å². The molecule has 21 heavy (non-hydrogen) atoms. The Labute approximate surface area is 121 Å². The van der Waals surface area contributed by atoms with E-state index in [1.807, 2.05) is 48.7 Å². The first-order valence-electron chi connectivity index (χ1n) is 6.99. The molecular formula is C17H15N3O. The maximum Gasteiger partial charge on any atom is 0.134 e. The summed E-state index contributed by atoms with van der Waals surface area (Å²) in [6, 6.07) is 16.1. The number of benzene rings is 2. The molecule has 0 amide bonds. The average molecular weight is 277 g/mol. The summed E-state index contributed by atoms with van der Waals surface area (Å²) in [5, 5.41) is 4.57. The number of para-hydroxylation sites is 3. The summed E-state index contributed by atoms with van der Waals surface area (Å²) in [6.45, 7) is 1.46. The zero-order valence-electron chi connectivity index (χ0n) is 11.5. The normalized spacial score (nSPS) is 11.4. The topological polar surface area (TPSA) is 53.9 Å². The smallest absolute Gasteiger partial charge is 0.134 e. The van der Waals surface area contributed by atoms with Crippen LogP contribution in [0.4, 0.5) is 0 Å². The lowest BCUT2D eigenvalue weighted by Gasteiger charge is -2.00. The molecule has 4 aromatic rings. The van der Waals surface area contributed by atoms with Gasteiger partial charge in [-0.05, 0) is 18.2 Å². The second-order valence-corrected chi connectivity index (χ2v) is 5.06. The number of H-pyrrole nitrogens is 1. The van der Waals surface area contributed by atoms with Crippen LogP contribution in [0.1, 0.15) is 11.4 Å². The number of aromatic nitrogens is 2. The van der Waals surface area contributed by atoms with Crippen LogP contribution in [-0.4, -0.2) is 9.97 Å². The van der Waals surface area contributed by atoms with E-state index in [1.165, 1.54) is 5.56 Å². The number of hydrogen-bond acceptors (Lipinski definition) is 3. The van der Waals surface area contributed by atoms with E-state index in [0.717, 1.165) is 34.4 Å². The van der Waals surface area contributed by atoms with Crippen LogP contribution in [0.15, 0.2) is 59.2 Å². The summed E-state index contributed by atoms with van der Waals surface area (Å²) >= 11 is 0. The van der Waals surface area contributed by atoms with E-state index < -0.39 is 0 Å². The summed E-state index contributed by atoms with van der Waals surface area (Å²) in [4.78, 5) is 7.87. The van der Waals surface area contributed by atoms with Gasteiger partial charge in [0.25, 0.3) is 0 Å². The third-order valence-corrected chi connectivity index (χ3v) is 3.61. The van der Waals surface area contributed by atoms with E-state index in [1.54, 1.807) is 0 Å². The quantitative estimate of drug-likeness (QED) is 0.599. The second-order valence-electron chi connectivity index (χ2n) is 5.06. The number of hydrogen-bond donors (Lipinski definition) is 2. The first-order chi connectivity index (χ1) is 10.4. The molecule has 4 heteroatoms. The van der Waals surface area contributed by atoms with Gasteiger partial charge in [-0.25, -0.2) is 4.98 Å². The molecule has 2 aromatic carbocycles. The predicted molar refractivity (Wildman–Crippen MR) is 82.9 cm³/mol. The number of imidazole rings is 1. The summed E-state index contributed by atoms with van der Waals surface area (Å²) in [7, 11) is 0. The maximum absolute atomic E-state index is 5.54. The fraction of sp³-hybridized carbons (Fsp3) is 0.118. The first-order valence-corrected chi connectivity index (χ1v) is 6.99. The molecule has 0 aliphatic heterocycles. The van der Waals surface area contributed by atoms with E-state index in [2.05, 4.69) is 21.4 Å². The zero-order valence-corrected chi connectivity index (χ0v) is 11.5. The number of aromatic amines is 1. The van der Waals surface area contributed by atoms with Crippen LogP contribution < -0.4 is 5.32 Å².